The summed E-state index contributed by atoms with van der Waals surface area (Å²) in [6.07, 6.45) is -0.533. The minimum Gasteiger partial charge on any atom is -0.495 e. The summed E-state index contributed by atoms with van der Waals surface area (Å²) in [5.41, 5.74) is 3.10. The minimum absolute atomic E-state index is 0.271. The maximum Gasteiger partial charge on any atom is 0.142 e. The molecule has 5 nitrogen and oxygen atoms in total. The van der Waals surface area contributed by atoms with Crippen LogP contribution in [0.2, 0.25) is 5.02 Å². The minimum atomic E-state index is -0.533. The monoisotopic (exact) mass is 404 g/mol. The normalized spacial score (nSPS) is 16.1. The molecule has 28 heavy (non-hydrogen) atoms. The Balaban J connectivity index is 1.47. The number of rotatable bonds is 7. The van der Waals surface area contributed by atoms with Crippen LogP contribution in [0.5, 0.6) is 11.5 Å². The van der Waals surface area contributed by atoms with E-state index in [9.17, 15) is 5.11 Å². The lowest BCUT2D eigenvalue weighted by molar-refractivity contribution is 0.0662. The number of aliphatic hydroxyl groups is 1. The molecule has 1 atom stereocenters. The van der Waals surface area contributed by atoms with Gasteiger partial charge in [-0.15, -0.1) is 0 Å². The zero-order chi connectivity index (χ0) is 20.1. The number of nitrogens with zero attached hydrogens (tertiary/aromatic N) is 2. The molecule has 0 radical (unpaired) electrons. The van der Waals surface area contributed by atoms with Crippen LogP contribution in [-0.4, -0.2) is 62.6 Å². The Morgan fingerprint density at radius 3 is 2.36 bits per heavy atom. The highest BCUT2D eigenvalue weighted by Crippen LogP contribution is 2.28. The lowest BCUT2D eigenvalue weighted by Gasteiger charge is -2.37. The highest BCUT2D eigenvalue weighted by Gasteiger charge is 2.21. The number of anilines is 1. The molecular weight excluding hydrogens is 376 g/mol. The maximum atomic E-state index is 10.4. The van der Waals surface area contributed by atoms with Crippen molar-refractivity contribution in [2.45, 2.75) is 20.0 Å². The van der Waals surface area contributed by atoms with Gasteiger partial charge in [-0.1, -0.05) is 23.7 Å². The molecule has 0 spiro atoms. The van der Waals surface area contributed by atoms with Gasteiger partial charge in [-0.05, 0) is 49.2 Å². The van der Waals surface area contributed by atoms with Gasteiger partial charge >= 0.3 is 0 Å². The summed E-state index contributed by atoms with van der Waals surface area (Å²) in [4.78, 5) is 4.61. The highest BCUT2D eigenvalue weighted by molar-refractivity contribution is 6.32. The molecule has 2 aromatic rings. The van der Waals surface area contributed by atoms with Gasteiger partial charge in [0.15, 0.2) is 0 Å². The lowest BCUT2D eigenvalue weighted by atomic mass is 10.1. The fraction of sp³-hybridized carbons (Fsp3) is 0.455. The number of benzene rings is 2. The summed E-state index contributed by atoms with van der Waals surface area (Å²) in [7, 11) is 1.70. The average Bonchev–Trinajstić information content (AvgIpc) is 2.71. The predicted octanol–water partition coefficient (Wildman–Crippen LogP) is 3.53. The van der Waals surface area contributed by atoms with Gasteiger partial charge in [-0.3, -0.25) is 4.90 Å². The molecule has 3 rings (SSSR count). The molecular formula is C22H29ClN2O3. The fourth-order valence-electron chi connectivity index (χ4n) is 3.60. The number of para-hydroxylation sites is 2. The molecule has 1 aliphatic heterocycles. The number of hydrogen-bond acceptors (Lipinski definition) is 5. The first kappa shape index (κ1) is 20.8. The summed E-state index contributed by atoms with van der Waals surface area (Å²) in [6.45, 7) is 8.40. The van der Waals surface area contributed by atoms with Gasteiger partial charge in [0, 0.05) is 37.7 Å². The number of hydrogen-bond donors (Lipinski definition) is 1. The van der Waals surface area contributed by atoms with Crippen molar-refractivity contribution in [3.63, 3.8) is 0 Å². The first-order valence-corrected chi connectivity index (χ1v) is 10.0. The van der Waals surface area contributed by atoms with E-state index < -0.39 is 6.10 Å². The number of β-amino-alcohol motifs (C(OH)–C–C–N with tert-alkyl or cyclic N) is 1. The number of piperazine rings is 1. The molecule has 0 aromatic heterocycles. The molecule has 1 aliphatic rings. The first-order valence-electron chi connectivity index (χ1n) is 9.66. The molecule has 2 aromatic carbocycles. The Kier molecular flexibility index (Phi) is 7.05. The van der Waals surface area contributed by atoms with E-state index in [1.807, 2.05) is 44.2 Å². The topological polar surface area (TPSA) is 45.2 Å². The van der Waals surface area contributed by atoms with E-state index in [1.165, 1.54) is 0 Å². The van der Waals surface area contributed by atoms with Crippen molar-refractivity contribution < 1.29 is 14.6 Å². The molecule has 1 heterocycles. The molecule has 1 fully saturated rings. The lowest BCUT2D eigenvalue weighted by Crippen LogP contribution is -2.49. The van der Waals surface area contributed by atoms with Crippen LogP contribution < -0.4 is 14.4 Å². The molecule has 1 saturated heterocycles. The van der Waals surface area contributed by atoms with Gasteiger partial charge in [0.2, 0.25) is 0 Å². The molecule has 152 valence electrons. The standard InChI is InChI=1S/C22H29ClN2O3/c1-16-12-19(13-17(2)22(16)23)28-15-18(26)14-24-8-10-25(11-9-24)20-6-4-5-7-21(20)27-3/h4-7,12-13,18,26H,8-11,14-15H2,1-3H3/t18-/m0/s1. The second-order valence-electron chi connectivity index (χ2n) is 7.30. The maximum absolute atomic E-state index is 10.4. The van der Waals surface area contributed by atoms with E-state index >= 15 is 0 Å². The second-order valence-corrected chi connectivity index (χ2v) is 7.67. The SMILES string of the molecule is COc1ccccc1N1CCN(C[C@H](O)COc2cc(C)c(Cl)c(C)c2)CC1. The zero-order valence-electron chi connectivity index (χ0n) is 16.8. The van der Waals surface area contributed by atoms with Crippen molar-refractivity contribution in [3.8, 4) is 11.5 Å². The van der Waals surface area contributed by atoms with Crippen LogP contribution in [-0.2, 0) is 0 Å². The van der Waals surface area contributed by atoms with Crippen LogP contribution >= 0.6 is 11.6 Å². The predicted molar refractivity (Wildman–Crippen MR) is 114 cm³/mol. The highest BCUT2D eigenvalue weighted by atomic mass is 35.5. The number of ether oxygens (including phenoxy) is 2. The van der Waals surface area contributed by atoms with Crippen LogP contribution in [0.15, 0.2) is 36.4 Å². The molecule has 0 bridgehead atoms. The van der Waals surface area contributed by atoms with Gasteiger partial charge in [0.05, 0.1) is 12.8 Å². The van der Waals surface area contributed by atoms with Crippen molar-refractivity contribution in [3.05, 3.63) is 52.5 Å². The van der Waals surface area contributed by atoms with Crippen LogP contribution in [0.4, 0.5) is 5.69 Å². The van der Waals surface area contributed by atoms with E-state index in [2.05, 4.69) is 15.9 Å². The smallest absolute Gasteiger partial charge is 0.142 e. The number of aryl methyl sites for hydroxylation is 2. The van der Waals surface area contributed by atoms with Crippen LogP contribution in [0.25, 0.3) is 0 Å². The van der Waals surface area contributed by atoms with Crippen LogP contribution in [0.1, 0.15) is 11.1 Å². The third-order valence-corrected chi connectivity index (χ3v) is 5.72. The Morgan fingerprint density at radius 1 is 1.07 bits per heavy atom. The molecule has 0 unspecified atom stereocenters. The van der Waals surface area contributed by atoms with Gasteiger partial charge in [0.25, 0.3) is 0 Å². The zero-order valence-corrected chi connectivity index (χ0v) is 17.6. The summed E-state index contributed by atoms with van der Waals surface area (Å²) >= 11 is 6.19. The Labute approximate surface area is 172 Å². The van der Waals surface area contributed by atoms with Crippen molar-refractivity contribution in [2.24, 2.45) is 0 Å². The number of halogens is 1. The van der Waals surface area contributed by atoms with Gasteiger partial charge < -0.3 is 19.5 Å². The molecule has 0 saturated carbocycles. The van der Waals surface area contributed by atoms with Crippen LogP contribution in [0.3, 0.4) is 0 Å². The van der Waals surface area contributed by atoms with Gasteiger partial charge in [0.1, 0.15) is 24.2 Å². The number of aliphatic hydroxyl groups excluding tert-OH is 1. The third-order valence-electron chi connectivity index (χ3n) is 5.12. The van der Waals surface area contributed by atoms with E-state index in [0.29, 0.717) is 6.54 Å². The number of methoxy groups -OCH3 is 1. The Bertz CT molecular complexity index is 768. The summed E-state index contributed by atoms with van der Waals surface area (Å²) in [6, 6.07) is 11.9. The van der Waals surface area contributed by atoms with Crippen molar-refractivity contribution in [2.75, 3.05) is 51.3 Å². The summed E-state index contributed by atoms with van der Waals surface area (Å²) < 4.78 is 11.3. The Morgan fingerprint density at radius 2 is 1.71 bits per heavy atom. The molecule has 6 heteroatoms. The van der Waals surface area contributed by atoms with Crippen molar-refractivity contribution in [1.29, 1.82) is 0 Å². The van der Waals surface area contributed by atoms with E-state index in [1.54, 1.807) is 7.11 Å². The van der Waals surface area contributed by atoms with E-state index in [-0.39, 0.29) is 6.61 Å². The second kappa shape index (κ2) is 9.50. The van der Waals surface area contributed by atoms with Crippen molar-refractivity contribution >= 4 is 17.3 Å². The quantitative estimate of drug-likeness (QED) is 0.764. The van der Waals surface area contributed by atoms with Crippen LogP contribution in [0, 0.1) is 13.8 Å². The van der Waals surface area contributed by atoms with E-state index in [4.69, 9.17) is 21.1 Å². The molecule has 1 N–H and O–H groups in total. The molecule has 0 aliphatic carbocycles. The first-order chi connectivity index (χ1) is 13.5. The molecule has 0 amide bonds. The fourth-order valence-corrected chi connectivity index (χ4v) is 3.70. The summed E-state index contributed by atoms with van der Waals surface area (Å²) in [5, 5.41) is 11.2. The van der Waals surface area contributed by atoms with E-state index in [0.717, 1.165) is 59.5 Å². The largest absolute Gasteiger partial charge is 0.495 e. The van der Waals surface area contributed by atoms with Gasteiger partial charge in [-0.2, -0.15) is 0 Å². The van der Waals surface area contributed by atoms with Gasteiger partial charge in [-0.25, -0.2) is 0 Å². The summed E-state index contributed by atoms with van der Waals surface area (Å²) in [5.74, 6) is 1.65. The Hall–Kier alpha value is -1.95. The third kappa shape index (κ3) is 5.10. The average molecular weight is 405 g/mol. The van der Waals surface area contributed by atoms with Crippen molar-refractivity contribution in [1.82, 2.24) is 4.90 Å².